The zero-order chi connectivity index (χ0) is 13.5. The molecule has 5 nitrogen and oxygen atoms in total. The maximum absolute atomic E-state index is 12.8. The van der Waals surface area contributed by atoms with E-state index in [9.17, 15) is 12.8 Å². The summed E-state index contributed by atoms with van der Waals surface area (Å²) in [5, 5.41) is 8.86. The minimum absolute atomic E-state index is 0.00271. The molecule has 1 aliphatic rings. The van der Waals surface area contributed by atoms with Gasteiger partial charge in [0.15, 0.2) is 0 Å². The molecule has 1 saturated carbocycles. The van der Waals surface area contributed by atoms with E-state index in [0.29, 0.717) is 5.92 Å². The Labute approximate surface area is 113 Å². The zero-order valence-corrected chi connectivity index (χ0v) is 11.3. The van der Waals surface area contributed by atoms with E-state index in [0.717, 1.165) is 30.0 Å². The number of sulfonamides is 1. The number of nitrogens with zero attached hydrogens (tertiary/aromatic N) is 2. The topological polar surface area (TPSA) is 72.0 Å². The fraction of sp³-hybridized carbons (Fsp3) is 0.273. The number of rotatable bonds is 4. The summed E-state index contributed by atoms with van der Waals surface area (Å²) < 4.78 is 39.1. The first-order chi connectivity index (χ1) is 9.04. The smallest absolute Gasteiger partial charge is 0.253 e. The third-order valence-electron chi connectivity index (χ3n) is 2.71. The van der Waals surface area contributed by atoms with E-state index in [2.05, 4.69) is 14.9 Å². The summed E-state index contributed by atoms with van der Waals surface area (Å²) in [6, 6.07) is 4.62. The van der Waals surface area contributed by atoms with Gasteiger partial charge in [-0.1, -0.05) is 11.3 Å². The lowest BCUT2D eigenvalue weighted by Gasteiger charge is -2.03. The standard InChI is InChI=1S/C11H10FN3O2S2/c12-8-3-5-9(6-4-8)19(16,17)15-11-14-13-10(18-11)7-1-2-7/h3-7H,1-2H2,(H,14,15). The van der Waals surface area contributed by atoms with Crippen molar-refractivity contribution in [2.24, 2.45) is 0 Å². The van der Waals surface area contributed by atoms with Gasteiger partial charge in [-0.05, 0) is 37.1 Å². The second kappa shape index (κ2) is 4.53. The molecular weight excluding hydrogens is 289 g/mol. The molecule has 0 unspecified atom stereocenters. The van der Waals surface area contributed by atoms with Crippen LogP contribution >= 0.6 is 11.3 Å². The summed E-state index contributed by atoms with van der Waals surface area (Å²) in [5.41, 5.74) is 0. The van der Waals surface area contributed by atoms with Gasteiger partial charge in [0.25, 0.3) is 10.0 Å². The van der Waals surface area contributed by atoms with E-state index in [1.807, 2.05) is 0 Å². The largest absolute Gasteiger partial charge is 0.263 e. The maximum atomic E-state index is 12.8. The molecule has 1 fully saturated rings. The van der Waals surface area contributed by atoms with Gasteiger partial charge in [-0.15, -0.1) is 10.2 Å². The van der Waals surface area contributed by atoms with Crippen molar-refractivity contribution >= 4 is 26.5 Å². The van der Waals surface area contributed by atoms with Crippen LogP contribution in [-0.4, -0.2) is 18.6 Å². The number of halogens is 1. The third kappa shape index (κ3) is 2.74. The molecule has 1 aliphatic carbocycles. The van der Waals surface area contributed by atoms with E-state index in [1.54, 1.807) is 0 Å². The number of hydrogen-bond acceptors (Lipinski definition) is 5. The fourth-order valence-electron chi connectivity index (χ4n) is 1.56. The fourth-order valence-corrected chi connectivity index (χ4v) is 3.70. The van der Waals surface area contributed by atoms with Crippen LogP contribution in [0.3, 0.4) is 0 Å². The summed E-state index contributed by atoms with van der Waals surface area (Å²) in [5.74, 6) is -0.0486. The molecule has 3 rings (SSSR count). The molecule has 0 atom stereocenters. The Hall–Kier alpha value is -1.54. The van der Waals surface area contributed by atoms with Crippen LogP contribution in [-0.2, 0) is 10.0 Å². The highest BCUT2D eigenvalue weighted by molar-refractivity contribution is 7.93. The highest BCUT2D eigenvalue weighted by Gasteiger charge is 2.28. The van der Waals surface area contributed by atoms with Gasteiger partial charge in [0.2, 0.25) is 5.13 Å². The predicted octanol–water partition coefficient (Wildman–Crippen LogP) is 2.36. The molecule has 2 aromatic rings. The van der Waals surface area contributed by atoms with Crippen molar-refractivity contribution in [1.82, 2.24) is 10.2 Å². The molecule has 0 amide bonds. The van der Waals surface area contributed by atoms with Gasteiger partial charge in [0.1, 0.15) is 10.8 Å². The van der Waals surface area contributed by atoms with Crippen LogP contribution in [0.2, 0.25) is 0 Å². The van der Waals surface area contributed by atoms with Crippen molar-refractivity contribution < 1.29 is 12.8 Å². The molecule has 1 N–H and O–H groups in total. The highest BCUT2D eigenvalue weighted by atomic mass is 32.2. The average Bonchev–Trinajstić information content (AvgIpc) is 3.11. The summed E-state index contributed by atoms with van der Waals surface area (Å²) in [6.07, 6.45) is 2.17. The number of nitrogens with one attached hydrogen (secondary N) is 1. The molecule has 1 aromatic carbocycles. The molecule has 0 saturated heterocycles. The first-order valence-electron chi connectivity index (χ1n) is 5.66. The second-order valence-electron chi connectivity index (χ2n) is 4.28. The lowest BCUT2D eigenvalue weighted by atomic mass is 10.4. The number of hydrogen-bond donors (Lipinski definition) is 1. The van der Waals surface area contributed by atoms with Crippen molar-refractivity contribution in [2.75, 3.05) is 4.72 Å². The quantitative estimate of drug-likeness (QED) is 0.940. The number of anilines is 1. The Balaban J connectivity index is 1.81. The minimum atomic E-state index is -3.73. The van der Waals surface area contributed by atoms with Crippen molar-refractivity contribution in [3.8, 4) is 0 Å². The van der Waals surface area contributed by atoms with E-state index in [1.165, 1.54) is 23.5 Å². The second-order valence-corrected chi connectivity index (χ2v) is 6.97. The zero-order valence-electron chi connectivity index (χ0n) is 9.71. The van der Waals surface area contributed by atoms with Crippen molar-refractivity contribution in [2.45, 2.75) is 23.7 Å². The third-order valence-corrected chi connectivity index (χ3v) is 5.20. The number of aromatic nitrogens is 2. The minimum Gasteiger partial charge on any atom is -0.253 e. The van der Waals surface area contributed by atoms with Crippen LogP contribution in [0, 0.1) is 5.82 Å². The van der Waals surface area contributed by atoms with E-state index < -0.39 is 15.8 Å². The lowest BCUT2D eigenvalue weighted by molar-refractivity contribution is 0.599. The molecule has 0 spiro atoms. The Kier molecular flexibility index (Phi) is 2.98. The number of benzene rings is 1. The molecule has 0 aliphatic heterocycles. The van der Waals surface area contributed by atoms with Gasteiger partial charge >= 0.3 is 0 Å². The van der Waals surface area contributed by atoms with Crippen LogP contribution in [0.4, 0.5) is 9.52 Å². The molecule has 19 heavy (non-hydrogen) atoms. The van der Waals surface area contributed by atoms with Crippen molar-refractivity contribution in [1.29, 1.82) is 0 Å². The first kappa shape index (κ1) is 12.5. The molecule has 1 heterocycles. The Morgan fingerprint density at radius 2 is 1.89 bits per heavy atom. The first-order valence-corrected chi connectivity index (χ1v) is 7.96. The van der Waals surface area contributed by atoms with Crippen LogP contribution in [0.25, 0.3) is 0 Å². The monoisotopic (exact) mass is 299 g/mol. The van der Waals surface area contributed by atoms with Gasteiger partial charge in [0, 0.05) is 5.92 Å². The molecule has 8 heteroatoms. The Morgan fingerprint density at radius 3 is 2.53 bits per heavy atom. The van der Waals surface area contributed by atoms with Crippen LogP contribution in [0.1, 0.15) is 23.8 Å². The molecule has 0 radical (unpaired) electrons. The SMILES string of the molecule is O=S(=O)(Nc1nnc(C2CC2)s1)c1ccc(F)cc1. The van der Waals surface area contributed by atoms with Gasteiger partial charge < -0.3 is 0 Å². The summed E-state index contributed by atoms with van der Waals surface area (Å²) in [7, 11) is -3.73. The molecular formula is C11H10FN3O2S2. The normalized spacial score (nSPS) is 15.4. The highest BCUT2D eigenvalue weighted by Crippen LogP contribution is 2.42. The van der Waals surface area contributed by atoms with Crippen molar-refractivity contribution in [3.05, 3.63) is 35.1 Å². The van der Waals surface area contributed by atoms with Gasteiger partial charge in [0.05, 0.1) is 4.90 Å². The molecule has 0 bridgehead atoms. The van der Waals surface area contributed by atoms with E-state index in [-0.39, 0.29) is 10.0 Å². The lowest BCUT2D eigenvalue weighted by Crippen LogP contribution is -2.12. The summed E-state index contributed by atoms with van der Waals surface area (Å²) in [6.45, 7) is 0. The molecule has 1 aromatic heterocycles. The Bertz CT molecular complexity index is 693. The van der Waals surface area contributed by atoms with E-state index in [4.69, 9.17) is 0 Å². The molecule has 100 valence electrons. The van der Waals surface area contributed by atoms with Gasteiger partial charge in [-0.2, -0.15) is 0 Å². The van der Waals surface area contributed by atoms with Gasteiger partial charge in [-0.3, -0.25) is 4.72 Å². The maximum Gasteiger partial charge on any atom is 0.263 e. The van der Waals surface area contributed by atoms with Crippen LogP contribution < -0.4 is 4.72 Å². The van der Waals surface area contributed by atoms with Crippen molar-refractivity contribution in [3.63, 3.8) is 0 Å². The Morgan fingerprint density at radius 1 is 1.21 bits per heavy atom. The average molecular weight is 299 g/mol. The van der Waals surface area contributed by atoms with Crippen LogP contribution in [0.5, 0.6) is 0 Å². The van der Waals surface area contributed by atoms with Gasteiger partial charge in [-0.25, -0.2) is 12.8 Å². The van der Waals surface area contributed by atoms with E-state index >= 15 is 0 Å². The summed E-state index contributed by atoms with van der Waals surface area (Å²) in [4.78, 5) is -0.00271. The summed E-state index contributed by atoms with van der Waals surface area (Å²) >= 11 is 1.24. The predicted molar refractivity (Wildman–Crippen MR) is 69.1 cm³/mol. The van der Waals surface area contributed by atoms with Crippen LogP contribution in [0.15, 0.2) is 29.2 Å².